The third-order valence-corrected chi connectivity index (χ3v) is 6.10. The van der Waals surface area contributed by atoms with E-state index in [9.17, 15) is 4.79 Å². The van der Waals surface area contributed by atoms with E-state index in [1.807, 2.05) is 56.3 Å². The molecule has 0 saturated heterocycles. The number of aromatic nitrogens is 4. The summed E-state index contributed by atoms with van der Waals surface area (Å²) in [6.45, 7) is 8.07. The molecule has 0 aliphatic carbocycles. The van der Waals surface area contributed by atoms with Crippen molar-refractivity contribution in [3.05, 3.63) is 65.0 Å². The predicted molar refractivity (Wildman–Crippen MR) is 128 cm³/mol. The van der Waals surface area contributed by atoms with Crippen LogP contribution in [-0.2, 0) is 0 Å². The van der Waals surface area contributed by atoms with Crippen LogP contribution in [0.1, 0.15) is 47.1 Å². The largest absolute Gasteiger partial charge is 0.332 e. The number of rotatable bonds is 4. The monoisotopic (exact) mass is 450 g/mol. The van der Waals surface area contributed by atoms with Gasteiger partial charge in [-0.05, 0) is 61.3 Å². The standard InChI is InChI=1S/C22H22N6OS2/c1-12(2)15-7-9-16(10-8-15)19(29)24-21(30)23-18-11-17(6-5-13(18)3)20-27-28-14(4)25-26-22(28)31-20/h5-12H,1-4H3,(H2,23,24,29,30). The number of carbonyl (C=O) groups excluding carboxylic acids is 1. The van der Waals surface area contributed by atoms with Crippen molar-refractivity contribution < 1.29 is 4.79 Å². The zero-order chi connectivity index (χ0) is 22.1. The fourth-order valence-corrected chi connectivity index (χ4v) is 4.15. The van der Waals surface area contributed by atoms with Gasteiger partial charge < -0.3 is 5.32 Å². The van der Waals surface area contributed by atoms with Gasteiger partial charge in [-0.15, -0.1) is 10.2 Å². The molecule has 0 radical (unpaired) electrons. The van der Waals surface area contributed by atoms with Crippen LogP contribution in [0.15, 0.2) is 42.5 Å². The van der Waals surface area contributed by atoms with E-state index in [1.165, 1.54) is 16.9 Å². The highest BCUT2D eigenvalue weighted by Gasteiger charge is 2.13. The zero-order valence-electron chi connectivity index (χ0n) is 17.6. The molecule has 0 bridgehead atoms. The highest BCUT2D eigenvalue weighted by Crippen LogP contribution is 2.29. The van der Waals surface area contributed by atoms with Crippen LogP contribution in [0, 0.1) is 13.8 Å². The van der Waals surface area contributed by atoms with E-state index in [1.54, 1.807) is 4.52 Å². The number of hydrogen-bond donors (Lipinski definition) is 2. The number of nitrogens with one attached hydrogen (secondary N) is 2. The second-order valence-electron chi connectivity index (χ2n) is 7.56. The second-order valence-corrected chi connectivity index (χ2v) is 8.93. The number of amides is 1. The first-order chi connectivity index (χ1) is 14.8. The van der Waals surface area contributed by atoms with Gasteiger partial charge in [0.1, 0.15) is 5.01 Å². The lowest BCUT2D eigenvalue weighted by molar-refractivity contribution is 0.0977. The van der Waals surface area contributed by atoms with E-state index >= 15 is 0 Å². The number of benzene rings is 2. The molecule has 2 aromatic carbocycles. The first kappa shape index (κ1) is 21.1. The Hall–Kier alpha value is -3.17. The van der Waals surface area contributed by atoms with Crippen LogP contribution in [-0.4, -0.2) is 30.8 Å². The lowest BCUT2D eigenvalue weighted by atomic mass is 10.0. The molecule has 2 aromatic heterocycles. The first-order valence-corrected chi connectivity index (χ1v) is 11.1. The minimum Gasteiger partial charge on any atom is -0.332 e. The number of aryl methyl sites for hydroxylation is 2. The Labute approximate surface area is 189 Å². The number of hydrogen-bond acceptors (Lipinski definition) is 6. The van der Waals surface area contributed by atoms with Gasteiger partial charge in [-0.25, -0.2) is 0 Å². The normalized spacial score (nSPS) is 11.1. The van der Waals surface area contributed by atoms with Gasteiger partial charge >= 0.3 is 0 Å². The van der Waals surface area contributed by atoms with E-state index in [0.29, 0.717) is 11.5 Å². The summed E-state index contributed by atoms with van der Waals surface area (Å²) in [5, 5.41) is 19.7. The molecule has 4 aromatic rings. The molecule has 2 N–H and O–H groups in total. The highest BCUT2D eigenvalue weighted by atomic mass is 32.1. The molecule has 158 valence electrons. The molecule has 9 heteroatoms. The molecule has 0 saturated carbocycles. The molecule has 0 fully saturated rings. The Morgan fingerprint density at radius 2 is 1.84 bits per heavy atom. The molecule has 0 aliphatic heterocycles. The van der Waals surface area contributed by atoms with Gasteiger partial charge in [0, 0.05) is 16.8 Å². The fourth-order valence-electron chi connectivity index (χ4n) is 3.07. The Kier molecular flexibility index (Phi) is 5.79. The van der Waals surface area contributed by atoms with E-state index in [-0.39, 0.29) is 11.0 Å². The summed E-state index contributed by atoms with van der Waals surface area (Å²) < 4.78 is 1.72. The number of anilines is 1. The third-order valence-electron chi connectivity index (χ3n) is 4.95. The summed E-state index contributed by atoms with van der Waals surface area (Å²) in [6, 6.07) is 13.5. The number of thiocarbonyl (C=S) groups is 1. The molecule has 0 atom stereocenters. The van der Waals surface area contributed by atoms with Crippen molar-refractivity contribution in [3.63, 3.8) is 0 Å². The maximum atomic E-state index is 12.5. The molecule has 7 nitrogen and oxygen atoms in total. The molecule has 2 heterocycles. The molecule has 0 aliphatic rings. The van der Waals surface area contributed by atoms with Crippen molar-refractivity contribution >= 4 is 45.2 Å². The van der Waals surface area contributed by atoms with Gasteiger partial charge in [-0.2, -0.15) is 9.61 Å². The predicted octanol–water partition coefficient (Wildman–Crippen LogP) is 4.72. The van der Waals surface area contributed by atoms with Crippen molar-refractivity contribution in [2.45, 2.75) is 33.6 Å². The fraction of sp³-hybridized carbons (Fsp3) is 0.227. The Morgan fingerprint density at radius 3 is 2.52 bits per heavy atom. The smallest absolute Gasteiger partial charge is 0.257 e. The Balaban J connectivity index is 1.48. The van der Waals surface area contributed by atoms with Crippen molar-refractivity contribution in [2.24, 2.45) is 0 Å². The van der Waals surface area contributed by atoms with Crippen LogP contribution >= 0.6 is 23.6 Å². The SMILES string of the molecule is Cc1ccc(-c2nn3c(C)nnc3s2)cc1NC(=S)NC(=O)c1ccc(C(C)C)cc1. The quantitative estimate of drug-likeness (QED) is 0.438. The summed E-state index contributed by atoms with van der Waals surface area (Å²) >= 11 is 6.84. The number of carbonyl (C=O) groups is 1. The maximum Gasteiger partial charge on any atom is 0.257 e. The average molecular weight is 451 g/mol. The third kappa shape index (κ3) is 4.47. The average Bonchev–Trinajstić information content (AvgIpc) is 3.32. The molecular formula is C22H22N6OS2. The van der Waals surface area contributed by atoms with E-state index < -0.39 is 0 Å². The van der Waals surface area contributed by atoms with Crippen LogP contribution in [0.4, 0.5) is 5.69 Å². The van der Waals surface area contributed by atoms with Gasteiger partial charge in [-0.1, -0.05) is 49.4 Å². The van der Waals surface area contributed by atoms with Gasteiger partial charge in [0.05, 0.1) is 0 Å². The van der Waals surface area contributed by atoms with E-state index in [0.717, 1.165) is 32.6 Å². The first-order valence-electron chi connectivity index (χ1n) is 9.84. The van der Waals surface area contributed by atoms with Crippen LogP contribution in [0.25, 0.3) is 15.5 Å². The molecule has 4 rings (SSSR count). The lowest BCUT2D eigenvalue weighted by Gasteiger charge is -2.13. The van der Waals surface area contributed by atoms with Crippen molar-refractivity contribution in [3.8, 4) is 10.6 Å². The topological polar surface area (TPSA) is 84.2 Å². The Bertz CT molecular complexity index is 1270. The maximum absolute atomic E-state index is 12.5. The zero-order valence-corrected chi connectivity index (χ0v) is 19.3. The van der Waals surface area contributed by atoms with Crippen molar-refractivity contribution in [1.29, 1.82) is 0 Å². The van der Waals surface area contributed by atoms with Crippen LogP contribution in [0.2, 0.25) is 0 Å². The van der Waals surface area contributed by atoms with Crippen LogP contribution in [0.3, 0.4) is 0 Å². The van der Waals surface area contributed by atoms with Crippen LogP contribution < -0.4 is 10.6 Å². The minimum atomic E-state index is -0.245. The molecule has 1 amide bonds. The number of nitrogens with zero attached hydrogens (tertiary/aromatic N) is 4. The summed E-state index contributed by atoms with van der Waals surface area (Å²) in [5.41, 5.74) is 4.49. The second kappa shape index (κ2) is 8.52. The van der Waals surface area contributed by atoms with Crippen molar-refractivity contribution in [1.82, 2.24) is 25.1 Å². The van der Waals surface area contributed by atoms with Gasteiger partial charge in [0.15, 0.2) is 10.9 Å². The minimum absolute atomic E-state index is 0.243. The summed E-state index contributed by atoms with van der Waals surface area (Å²) in [6.07, 6.45) is 0. The molecule has 0 unspecified atom stereocenters. The molecule has 31 heavy (non-hydrogen) atoms. The number of fused-ring (bicyclic) bond motifs is 1. The van der Waals surface area contributed by atoms with Crippen LogP contribution in [0.5, 0.6) is 0 Å². The van der Waals surface area contributed by atoms with Gasteiger partial charge in [0.2, 0.25) is 4.96 Å². The van der Waals surface area contributed by atoms with Gasteiger partial charge in [-0.3, -0.25) is 10.1 Å². The van der Waals surface area contributed by atoms with E-state index in [2.05, 4.69) is 39.8 Å². The summed E-state index contributed by atoms with van der Waals surface area (Å²) in [4.78, 5) is 13.3. The van der Waals surface area contributed by atoms with Gasteiger partial charge in [0.25, 0.3) is 5.91 Å². The summed E-state index contributed by atoms with van der Waals surface area (Å²) in [5.74, 6) is 0.913. The Morgan fingerprint density at radius 1 is 1.10 bits per heavy atom. The van der Waals surface area contributed by atoms with Crippen molar-refractivity contribution in [2.75, 3.05) is 5.32 Å². The lowest BCUT2D eigenvalue weighted by Crippen LogP contribution is -2.34. The molecule has 0 spiro atoms. The molecular weight excluding hydrogens is 428 g/mol. The summed E-state index contributed by atoms with van der Waals surface area (Å²) in [7, 11) is 0. The highest BCUT2D eigenvalue weighted by molar-refractivity contribution is 7.80. The van der Waals surface area contributed by atoms with E-state index in [4.69, 9.17) is 12.2 Å².